The van der Waals surface area contributed by atoms with Gasteiger partial charge in [0.15, 0.2) is 0 Å². The van der Waals surface area contributed by atoms with Crippen molar-refractivity contribution >= 4 is 47.3 Å². The molecule has 0 spiro atoms. The van der Waals surface area contributed by atoms with Crippen molar-refractivity contribution in [3.8, 4) is 0 Å². The van der Waals surface area contributed by atoms with E-state index in [9.17, 15) is 34.2 Å². The molecule has 5 aromatic rings. The van der Waals surface area contributed by atoms with Crippen molar-refractivity contribution in [3.63, 3.8) is 0 Å². The Morgan fingerprint density at radius 3 is 1.58 bits per heavy atom. The number of alkyl carbamates (subject to hydrolysis) is 1. The Bertz CT molecular complexity index is 1920. The zero-order chi connectivity index (χ0) is 39.0. The molecule has 11 nitrogen and oxygen atoms in total. The van der Waals surface area contributed by atoms with Gasteiger partial charge in [0.25, 0.3) is 5.91 Å². The highest BCUT2D eigenvalue weighted by atomic mass is 32.2. The molecular formula is C43H41N3O8S. The predicted octanol–water partition coefficient (Wildman–Crippen LogP) is 6.47. The minimum absolute atomic E-state index is 0.0152. The Morgan fingerprint density at radius 2 is 1.11 bits per heavy atom. The van der Waals surface area contributed by atoms with Crippen LogP contribution in [-0.4, -0.2) is 64.4 Å². The monoisotopic (exact) mass is 759 g/mol. The molecule has 3 amide bonds. The van der Waals surface area contributed by atoms with E-state index in [4.69, 9.17) is 4.74 Å². The number of hydrogen-bond acceptors (Lipinski definition) is 7. The molecule has 0 aromatic heterocycles. The van der Waals surface area contributed by atoms with E-state index in [1.54, 1.807) is 54.6 Å². The summed E-state index contributed by atoms with van der Waals surface area (Å²) < 4.78 is 4.29. The van der Waals surface area contributed by atoms with Crippen LogP contribution in [0.2, 0.25) is 0 Å². The van der Waals surface area contributed by atoms with Crippen molar-refractivity contribution in [3.05, 3.63) is 174 Å². The fourth-order valence-electron chi connectivity index (χ4n) is 6.09. The number of anilines is 1. The number of rotatable bonds is 18. The highest BCUT2D eigenvalue weighted by Crippen LogP contribution is 2.48. The van der Waals surface area contributed by atoms with Gasteiger partial charge >= 0.3 is 18.0 Å². The lowest BCUT2D eigenvalue weighted by Crippen LogP contribution is -2.52. The smallest absolute Gasteiger partial charge is 0.408 e. The quantitative estimate of drug-likeness (QED) is 0.0734. The van der Waals surface area contributed by atoms with Gasteiger partial charge in [0, 0.05) is 17.9 Å². The molecule has 4 N–H and O–H groups in total. The number of carboxylic acid groups (broad SMARTS) is 2. The van der Waals surface area contributed by atoms with Gasteiger partial charge in [-0.05, 0) is 40.8 Å². The Morgan fingerprint density at radius 1 is 0.636 bits per heavy atom. The van der Waals surface area contributed by atoms with Crippen LogP contribution >= 0.6 is 11.8 Å². The number of nitrogens with zero attached hydrogens (tertiary/aromatic N) is 1. The van der Waals surface area contributed by atoms with Crippen molar-refractivity contribution in [1.82, 2.24) is 10.6 Å². The van der Waals surface area contributed by atoms with Crippen LogP contribution in [0.4, 0.5) is 10.5 Å². The van der Waals surface area contributed by atoms with Gasteiger partial charge in [0.05, 0.1) is 4.75 Å². The first-order chi connectivity index (χ1) is 26.7. The first kappa shape index (κ1) is 39.8. The Labute approximate surface area is 323 Å². The molecule has 5 aromatic carbocycles. The van der Waals surface area contributed by atoms with Crippen LogP contribution in [0.5, 0.6) is 0 Å². The van der Waals surface area contributed by atoms with Crippen LogP contribution in [0.3, 0.4) is 0 Å². The van der Waals surface area contributed by atoms with E-state index in [1.807, 2.05) is 97.1 Å². The Hall–Kier alpha value is -6.40. The number of thioether (sulfide) groups is 1. The largest absolute Gasteiger partial charge is 0.480 e. The summed E-state index contributed by atoms with van der Waals surface area (Å²) in [5, 5.41) is 24.8. The van der Waals surface area contributed by atoms with Gasteiger partial charge in [0.2, 0.25) is 5.91 Å². The molecule has 0 aliphatic carbocycles. The van der Waals surface area contributed by atoms with Crippen LogP contribution in [0.25, 0.3) is 0 Å². The summed E-state index contributed by atoms with van der Waals surface area (Å²) in [5.41, 5.74) is 3.77. The van der Waals surface area contributed by atoms with Gasteiger partial charge in [0.1, 0.15) is 25.2 Å². The number of amides is 3. The van der Waals surface area contributed by atoms with E-state index in [0.29, 0.717) is 11.3 Å². The third-order valence-corrected chi connectivity index (χ3v) is 10.4. The van der Waals surface area contributed by atoms with Crippen LogP contribution in [0.15, 0.2) is 152 Å². The Balaban J connectivity index is 1.43. The average Bonchev–Trinajstić information content (AvgIpc) is 3.22. The predicted molar refractivity (Wildman–Crippen MR) is 210 cm³/mol. The standard InChI is InChI=1S/C43H41N3O8S/c47-38(27-26-36(41(51)52)45-42(53)54-29-31-16-6-1-7-17-31)44-37(40(50)46(28-39(48)49)35-24-14-5-15-25-35)30-55-43(32-18-8-2-9-19-32,33-20-10-3-11-21-33)34-22-12-4-13-23-34/h1-25,36-37H,26-30H2,(H,44,47)(H,45,53)(H,48,49)(H,51,52)/t36-,37-/m0/s1. The van der Waals surface area contributed by atoms with Gasteiger partial charge in [-0.25, -0.2) is 9.59 Å². The molecule has 0 aliphatic heterocycles. The zero-order valence-electron chi connectivity index (χ0n) is 29.8. The number of carbonyl (C=O) groups excluding carboxylic acids is 3. The molecule has 0 unspecified atom stereocenters. The molecule has 0 radical (unpaired) electrons. The molecule has 282 valence electrons. The summed E-state index contributed by atoms with van der Waals surface area (Å²) in [6, 6.07) is 43.7. The molecule has 0 aliphatic rings. The third-order valence-electron chi connectivity index (χ3n) is 8.73. The van der Waals surface area contributed by atoms with Gasteiger partial charge in [-0.3, -0.25) is 19.3 Å². The van der Waals surface area contributed by atoms with E-state index in [0.717, 1.165) is 21.6 Å². The summed E-state index contributed by atoms with van der Waals surface area (Å²) in [4.78, 5) is 65.9. The molecule has 0 heterocycles. The third kappa shape index (κ3) is 10.8. The topological polar surface area (TPSA) is 162 Å². The normalized spacial score (nSPS) is 12.1. The molecule has 2 atom stereocenters. The van der Waals surface area contributed by atoms with Crippen molar-refractivity contribution in [2.45, 2.75) is 36.3 Å². The minimum atomic E-state index is -1.47. The minimum Gasteiger partial charge on any atom is -0.480 e. The number of hydrogen-bond donors (Lipinski definition) is 4. The summed E-state index contributed by atoms with van der Waals surface area (Å²) in [6.07, 6.45) is -1.65. The number of benzene rings is 5. The highest BCUT2D eigenvalue weighted by molar-refractivity contribution is 8.00. The summed E-state index contributed by atoms with van der Waals surface area (Å²) in [7, 11) is 0. The number of carboxylic acids is 2. The lowest BCUT2D eigenvalue weighted by Gasteiger charge is -2.37. The molecule has 5 rings (SSSR count). The lowest BCUT2D eigenvalue weighted by molar-refractivity contribution is -0.139. The van der Waals surface area contributed by atoms with Gasteiger partial charge < -0.3 is 25.6 Å². The van der Waals surface area contributed by atoms with Gasteiger partial charge in [-0.15, -0.1) is 11.8 Å². The second-order valence-electron chi connectivity index (χ2n) is 12.5. The summed E-state index contributed by atoms with van der Waals surface area (Å²) in [6.45, 7) is -0.747. The number of para-hydroxylation sites is 1. The van der Waals surface area contributed by atoms with Gasteiger partial charge in [-0.1, -0.05) is 140 Å². The maximum absolute atomic E-state index is 14.5. The number of ether oxygens (including phenoxy) is 1. The molecule has 0 saturated carbocycles. The maximum atomic E-state index is 14.5. The first-order valence-electron chi connectivity index (χ1n) is 17.6. The summed E-state index contributed by atoms with van der Waals surface area (Å²) in [5.74, 6) is -3.98. The van der Waals surface area contributed by atoms with E-state index >= 15 is 0 Å². The van der Waals surface area contributed by atoms with Crippen LogP contribution in [0, 0.1) is 0 Å². The fourth-order valence-corrected chi connectivity index (χ4v) is 7.64. The zero-order valence-corrected chi connectivity index (χ0v) is 30.6. The number of nitrogens with one attached hydrogen (secondary N) is 2. The van der Waals surface area contributed by atoms with Crippen molar-refractivity contribution in [2.24, 2.45) is 0 Å². The van der Waals surface area contributed by atoms with Crippen molar-refractivity contribution in [1.29, 1.82) is 0 Å². The Kier molecular flexibility index (Phi) is 14.2. The van der Waals surface area contributed by atoms with E-state index < -0.39 is 53.2 Å². The second-order valence-corrected chi connectivity index (χ2v) is 13.7. The molecule has 0 fully saturated rings. The van der Waals surface area contributed by atoms with Crippen LogP contribution < -0.4 is 15.5 Å². The molecule has 12 heteroatoms. The first-order valence-corrected chi connectivity index (χ1v) is 18.5. The number of aliphatic carboxylic acids is 2. The van der Waals surface area contributed by atoms with Crippen LogP contribution in [-0.2, 0) is 35.3 Å². The molecule has 55 heavy (non-hydrogen) atoms. The highest BCUT2D eigenvalue weighted by Gasteiger charge is 2.39. The van der Waals surface area contributed by atoms with Gasteiger partial charge in [-0.2, -0.15) is 0 Å². The van der Waals surface area contributed by atoms with E-state index in [-0.39, 0.29) is 25.2 Å². The molecule has 0 saturated heterocycles. The van der Waals surface area contributed by atoms with Crippen molar-refractivity contribution < 1.29 is 38.9 Å². The maximum Gasteiger partial charge on any atom is 0.408 e. The fraction of sp³-hybridized carbons (Fsp3) is 0.186. The van der Waals surface area contributed by atoms with E-state index in [1.165, 1.54) is 11.8 Å². The van der Waals surface area contributed by atoms with Crippen molar-refractivity contribution in [2.75, 3.05) is 17.2 Å². The number of carbonyl (C=O) groups is 5. The van der Waals surface area contributed by atoms with Crippen LogP contribution in [0.1, 0.15) is 35.1 Å². The summed E-state index contributed by atoms with van der Waals surface area (Å²) >= 11 is 1.40. The SMILES string of the molecule is O=C(O)CN(C(=O)[C@H](CSC(c1ccccc1)(c1ccccc1)c1ccccc1)NC(=O)CC[C@H](NC(=O)OCc1ccccc1)C(=O)O)c1ccccc1. The molecular weight excluding hydrogens is 719 g/mol. The lowest BCUT2D eigenvalue weighted by atomic mass is 9.84. The van der Waals surface area contributed by atoms with E-state index in [2.05, 4.69) is 10.6 Å². The molecule has 0 bridgehead atoms. The average molecular weight is 760 g/mol. The second kappa shape index (κ2) is 19.6.